The smallest absolute Gasteiger partial charge is 0.303 e. The van der Waals surface area contributed by atoms with Crippen LogP contribution in [-0.4, -0.2) is 16.8 Å². The first-order valence-corrected chi connectivity index (χ1v) is 8.78. The first kappa shape index (κ1) is 18.4. The fourth-order valence-corrected chi connectivity index (χ4v) is 2.76. The van der Waals surface area contributed by atoms with Crippen LogP contribution < -0.4 is 4.74 Å². The van der Waals surface area contributed by atoms with Crippen molar-refractivity contribution in [3.8, 4) is 5.75 Å². The second-order valence-electron chi connectivity index (χ2n) is 6.27. The highest BCUT2D eigenvalue weighted by Gasteiger charge is 2.06. The van der Waals surface area contributed by atoms with Gasteiger partial charge in [0, 0.05) is 12.0 Å². The Morgan fingerprint density at radius 2 is 1.56 bits per heavy atom. The summed E-state index contributed by atoms with van der Waals surface area (Å²) in [5.74, 6) is -0.0612. The van der Waals surface area contributed by atoms with Crippen LogP contribution in [0.3, 0.4) is 0 Å². The van der Waals surface area contributed by atoms with Crippen molar-refractivity contribution < 1.29 is 14.6 Å². The van der Waals surface area contributed by atoms with Gasteiger partial charge in [0.1, 0.15) is 12.4 Å². The van der Waals surface area contributed by atoms with Gasteiger partial charge in [0.2, 0.25) is 0 Å². The highest BCUT2D eigenvalue weighted by molar-refractivity contribution is 6.10. The second-order valence-corrected chi connectivity index (χ2v) is 6.27. The van der Waals surface area contributed by atoms with Crippen LogP contribution in [0.2, 0.25) is 0 Å². The molecule has 27 heavy (non-hydrogen) atoms. The predicted octanol–water partition coefficient (Wildman–Crippen LogP) is 4.70. The van der Waals surface area contributed by atoms with Crippen LogP contribution in [0.1, 0.15) is 28.7 Å². The zero-order valence-electron chi connectivity index (χ0n) is 14.9. The molecule has 0 saturated heterocycles. The fourth-order valence-electron chi connectivity index (χ4n) is 2.76. The van der Waals surface area contributed by atoms with Crippen molar-refractivity contribution in [1.82, 2.24) is 0 Å². The van der Waals surface area contributed by atoms with Gasteiger partial charge in [-0.25, -0.2) is 0 Å². The zero-order chi connectivity index (χ0) is 19.1. The summed E-state index contributed by atoms with van der Waals surface area (Å²) in [6.07, 6.45) is 0.639. The fraction of sp³-hybridized carbons (Fsp3) is 0.130. The van der Waals surface area contributed by atoms with Gasteiger partial charge in [-0.05, 0) is 41.3 Å². The average molecular weight is 359 g/mol. The molecule has 3 aromatic carbocycles. The van der Waals surface area contributed by atoms with E-state index in [9.17, 15) is 4.79 Å². The van der Waals surface area contributed by atoms with Crippen LogP contribution in [-0.2, 0) is 17.8 Å². The van der Waals surface area contributed by atoms with E-state index in [1.165, 1.54) is 0 Å². The third-order valence-corrected chi connectivity index (χ3v) is 4.23. The molecule has 3 rings (SSSR count). The molecular formula is C23H21NO3. The molecule has 4 heteroatoms. The van der Waals surface area contributed by atoms with E-state index in [0.717, 1.165) is 28.0 Å². The number of ether oxygens (including phenoxy) is 1. The first-order chi connectivity index (χ1) is 13.1. The molecule has 0 aliphatic carbocycles. The van der Waals surface area contributed by atoms with Gasteiger partial charge in [-0.2, -0.15) is 0 Å². The van der Waals surface area contributed by atoms with Gasteiger partial charge in [-0.15, -0.1) is 0 Å². The normalized spacial score (nSPS) is 10.4. The molecular weight excluding hydrogens is 338 g/mol. The Labute approximate surface area is 158 Å². The molecule has 0 unspecified atom stereocenters. The summed E-state index contributed by atoms with van der Waals surface area (Å²) in [7, 11) is 0. The molecule has 3 aromatic rings. The Kier molecular flexibility index (Phi) is 6.00. The highest BCUT2D eigenvalue weighted by atomic mass is 16.5. The number of aliphatic carboxylic acids is 1. The lowest BCUT2D eigenvalue weighted by Crippen LogP contribution is -2.03. The second kappa shape index (κ2) is 8.81. The number of aryl methyl sites for hydroxylation is 1. The van der Waals surface area contributed by atoms with Crippen molar-refractivity contribution >= 4 is 11.7 Å². The largest absolute Gasteiger partial charge is 0.489 e. The molecule has 0 aliphatic rings. The molecule has 0 radical (unpaired) electrons. The molecule has 0 aliphatic heterocycles. The summed E-state index contributed by atoms with van der Waals surface area (Å²) in [6, 6.07) is 24.9. The number of hydrogen-bond acceptors (Lipinski definition) is 3. The van der Waals surface area contributed by atoms with Gasteiger partial charge < -0.3 is 9.84 Å². The summed E-state index contributed by atoms with van der Waals surface area (Å²) in [6.45, 7) is 0.407. The number of carbonyl (C=O) groups is 1. The van der Waals surface area contributed by atoms with E-state index < -0.39 is 5.97 Å². The van der Waals surface area contributed by atoms with Crippen LogP contribution in [0, 0.1) is 5.41 Å². The van der Waals surface area contributed by atoms with Gasteiger partial charge in [-0.1, -0.05) is 60.7 Å². The van der Waals surface area contributed by atoms with Crippen LogP contribution >= 0.6 is 0 Å². The lowest BCUT2D eigenvalue weighted by Gasteiger charge is -2.10. The van der Waals surface area contributed by atoms with E-state index in [1.807, 2.05) is 78.9 Å². The third-order valence-electron chi connectivity index (χ3n) is 4.23. The van der Waals surface area contributed by atoms with Crippen molar-refractivity contribution in [1.29, 1.82) is 5.41 Å². The Hall–Kier alpha value is -3.40. The molecule has 4 nitrogen and oxygen atoms in total. The van der Waals surface area contributed by atoms with E-state index in [4.69, 9.17) is 15.3 Å². The van der Waals surface area contributed by atoms with Crippen molar-refractivity contribution in [3.05, 3.63) is 101 Å². The molecule has 0 saturated carbocycles. The van der Waals surface area contributed by atoms with Crippen LogP contribution in [0.4, 0.5) is 0 Å². The van der Waals surface area contributed by atoms with Crippen LogP contribution in [0.25, 0.3) is 0 Å². The SMILES string of the molecule is N=C(c1ccccc1)c1cccc(COc2ccc(CCC(=O)O)cc2)c1. The number of carboxylic acids is 1. The minimum Gasteiger partial charge on any atom is -0.489 e. The highest BCUT2D eigenvalue weighted by Crippen LogP contribution is 2.17. The Morgan fingerprint density at radius 3 is 2.26 bits per heavy atom. The van der Waals surface area contributed by atoms with Crippen molar-refractivity contribution in [3.63, 3.8) is 0 Å². The topological polar surface area (TPSA) is 70.4 Å². The lowest BCUT2D eigenvalue weighted by molar-refractivity contribution is -0.136. The van der Waals surface area contributed by atoms with Gasteiger partial charge >= 0.3 is 5.97 Å². The number of rotatable bonds is 8. The summed E-state index contributed by atoms with van der Waals surface area (Å²) in [5.41, 5.74) is 4.19. The lowest BCUT2D eigenvalue weighted by atomic mass is 10.0. The molecule has 0 fully saturated rings. The van der Waals surface area contributed by atoms with Gasteiger partial charge in [0.05, 0.1) is 5.71 Å². The minimum absolute atomic E-state index is 0.125. The Bertz CT molecular complexity index is 918. The molecule has 136 valence electrons. The maximum Gasteiger partial charge on any atom is 0.303 e. The number of benzene rings is 3. The van der Waals surface area contributed by atoms with Crippen molar-refractivity contribution in [2.75, 3.05) is 0 Å². The average Bonchev–Trinajstić information content (AvgIpc) is 2.72. The minimum atomic E-state index is -0.795. The standard InChI is InChI=1S/C23H21NO3/c24-23(19-6-2-1-3-7-19)20-8-4-5-18(15-20)16-27-21-12-9-17(10-13-21)11-14-22(25)26/h1-10,12-13,15,24H,11,14,16H2,(H,25,26). The maximum atomic E-state index is 10.6. The van der Waals surface area contributed by atoms with E-state index in [0.29, 0.717) is 18.7 Å². The molecule has 0 aromatic heterocycles. The number of carboxylic acid groups (broad SMARTS) is 1. The molecule has 0 amide bonds. The zero-order valence-corrected chi connectivity index (χ0v) is 14.9. The monoisotopic (exact) mass is 359 g/mol. The molecule has 0 atom stereocenters. The maximum absolute atomic E-state index is 10.6. The summed E-state index contributed by atoms with van der Waals surface area (Å²) >= 11 is 0. The van der Waals surface area contributed by atoms with E-state index in [-0.39, 0.29) is 6.42 Å². The first-order valence-electron chi connectivity index (χ1n) is 8.78. The van der Waals surface area contributed by atoms with E-state index in [2.05, 4.69) is 0 Å². The van der Waals surface area contributed by atoms with E-state index >= 15 is 0 Å². The quantitative estimate of drug-likeness (QED) is 0.573. The van der Waals surface area contributed by atoms with Gasteiger partial charge in [0.15, 0.2) is 0 Å². The van der Waals surface area contributed by atoms with Gasteiger partial charge in [-0.3, -0.25) is 10.2 Å². The van der Waals surface area contributed by atoms with Crippen LogP contribution in [0.15, 0.2) is 78.9 Å². The summed E-state index contributed by atoms with van der Waals surface area (Å²) < 4.78 is 5.83. The third kappa shape index (κ3) is 5.28. The van der Waals surface area contributed by atoms with Crippen LogP contribution in [0.5, 0.6) is 5.75 Å². The predicted molar refractivity (Wildman–Crippen MR) is 106 cm³/mol. The Morgan fingerprint density at radius 1 is 0.852 bits per heavy atom. The summed E-state index contributed by atoms with van der Waals surface area (Å²) in [5, 5.41) is 17.1. The van der Waals surface area contributed by atoms with E-state index in [1.54, 1.807) is 0 Å². The molecule has 0 heterocycles. The number of hydrogen-bond donors (Lipinski definition) is 2. The van der Waals surface area contributed by atoms with Crippen molar-refractivity contribution in [2.24, 2.45) is 0 Å². The Balaban J connectivity index is 1.61. The number of nitrogens with one attached hydrogen (secondary N) is 1. The van der Waals surface area contributed by atoms with Gasteiger partial charge in [0.25, 0.3) is 0 Å². The molecule has 0 bridgehead atoms. The van der Waals surface area contributed by atoms with Crippen molar-refractivity contribution in [2.45, 2.75) is 19.4 Å². The molecule has 2 N–H and O–H groups in total. The molecule has 0 spiro atoms. The summed E-state index contributed by atoms with van der Waals surface area (Å²) in [4.78, 5) is 10.6.